The van der Waals surface area contributed by atoms with Crippen LogP contribution in [0.25, 0.3) is 0 Å². The van der Waals surface area contributed by atoms with Crippen molar-refractivity contribution >= 4 is 12.4 Å². The normalized spacial score (nSPS) is 9.08. The molecule has 0 bridgehead atoms. The quantitative estimate of drug-likeness (QED) is 0.553. The molecule has 1 aromatic rings. The van der Waals surface area contributed by atoms with Gasteiger partial charge in [0.1, 0.15) is 0 Å². The maximum absolute atomic E-state index is 3.10. The summed E-state index contributed by atoms with van der Waals surface area (Å²) >= 11 is 0. The van der Waals surface area contributed by atoms with Gasteiger partial charge in [-0.25, -0.2) is 0 Å². The van der Waals surface area contributed by atoms with Crippen molar-refractivity contribution < 1.29 is 0 Å². The number of hydrogen-bond donors (Lipinski definition) is 2. The first-order chi connectivity index (χ1) is 5.43. The molecule has 2 nitrogen and oxygen atoms in total. The van der Waals surface area contributed by atoms with Crippen LogP contribution in [0.15, 0.2) is 30.3 Å². The topological polar surface area (TPSA) is 24.1 Å². The van der Waals surface area contributed by atoms with Crippen LogP contribution in [-0.2, 0) is 6.54 Å². The molecule has 0 aliphatic rings. The average Bonchev–Trinajstić information content (AvgIpc) is 2.07. The SMILES string of the molecule is CCNNCc1ccccc1.Cl. The van der Waals surface area contributed by atoms with E-state index in [9.17, 15) is 0 Å². The fourth-order valence-electron chi connectivity index (χ4n) is 0.885. The lowest BCUT2D eigenvalue weighted by molar-refractivity contribution is 0.550. The lowest BCUT2D eigenvalue weighted by atomic mass is 10.2. The molecule has 0 amide bonds. The van der Waals surface area contributed by atoms with Gasteiger partial charge in [0.25, 0.3) is 0 Å². The molecule has 0 spiro atoms. The summed E-state index contributed by atoms with van der Waals surface area (Å²) < 4.78 is 0. The van der Waals surface area contributed by atoms with Crippen LogP contribution in [0.1, 0.15) is 12.5 Å². The van der Waals surface area contributed by atoms with Crippen LogP contribution in [-0.4, -0.2) is 6.54 Å². The molecule has 0 aliphatic heterocycles. The van der Waals surface area contributed by atoms with E-state index in [0.717, 1.165) is 13.1 Å². The largest absolute Gasteiger partial charge is 0.258 e. The van der Waals surface area contributed by atoms with Gasteiger partial charge in [-0.1, -0.05) is 37.3 Å². The third-order valence-corrected chi connectivity index (χ3v) is 1.44. The first-order valence-electron chi connectivity index (χ1n) is 3.93. The second-order valence-electron chi connectivity index (χ2n) is 2.37. The molecule has 0 aromatic heterocycles. The molecule has 12 heavy (non-hydrogen) atoms. The highest BCUT2D eigenvalue weighted by Crippen LogP contribution is 1.95. The zero-order chi connectivity index (χ0) is 7.94. The maximum atomic E-state index is 3.10. The van der Waals surface area contributed by atoms with Crippen LogP contribution in [0.2, 0.25) is 0 Å². The molecule has 0 atom stereocenters. The second kappa shape index (κ2) is 7.10. The van der Waals surface area contributed by atoms with Crippen LogP contribution < -0.4 is 10.9 Å². The summed E-state index contributed by atoms with van der Waals surface area (Å²) in [6.07, 6.45) is 0. The lowest BCUT2D eigenvalue weighted by Crippen LogP contribution is -2.30. The summed E-state index contributed by atoms with van der Waals surface area (Å²) in [6.45, 7) is 3.90. The molecule has 0 saturated heterocycles. The maximum Gasteiger partial charge on any atom is 0.0351 e. The van der Waals surface area contributed by atoms with Crippen LogP contribution in [0.5, 0.6) is 0 Å². The van der Waals surface area contributed by atoms with Gasteiger partial charge in [0.15, 0.2) is 0 Å². The molecule has 0 unspecified atom stereocenters. The Bertz CT molecular complexity index is 189. The summed E-state index contributed by atoms with van der Waals surface area (Å²) in [7, 11) is 0. The third-order valence-electron chi connectivity index (χ3n) is 1.44. The fraction of sp³-hybridized carbons (Fsp3) is 0.333. The Balaban J connectivity index is 0.00000121. The van der Waals surface area contributed by atoms with Gasteiger partial charge in [-0.2, -0.15) is 0 Å². The zero-order valence-corrected chi connectivity index (χ0v) is 8.03. The van der Waals surface area contributed by atoms with E-state index in [1.807, 2.05) is 18.2 Å². The Morgan fingerprint density at radius 2 is 1.75 bits per heavy atom. The molecular weight excluding hydrogens is 172 g/mol. The van der Waals surface area contributed by atoms with Gasteiger partial charge in [0.05, 0.1) is 0 Å². The molecule has 0 fully saturated rings. The standard InChI is InChI=1S/C9H14N2.ClH/c1-2-10-11-8-9-6-4-3-5-7-9;/h3-7,10-11H,2,8H2,1H3;1H. The van der Waals surface area contributed by atoms with Gasteiger partial charge in [0.2, 0.25) is 0 Å². The number of hydrogen-bond acceptors (Lipinski definition) is 2. The Hall–Kier alpha value is -0.570. The van der Waals surface area contributed by atoms with Gasteiger partial charge in [-0.05, 0) is 5.56 Å². The summed E-state index contributed by atoms with van der Waals surface area (Å²) in [4.78, 5) is 0. The third kappa shape index (κ3) is 4.34. The monoisotopic (exact) mass is 186 g/mol. The number of rotatable bonds is 4. The molecule has 0 aliphatic carbocycles. The Morgan fingerprint density at radius 3 is 2.33 bits per heavy atom. The predicted molar refractivity (Wildman–Crippen MR) is 54.2 cm³/mol. The van der Waals surface area contributed by atoms with Crippen molar-refractivity contribution in [3.05, 3.63) is 35.9 Å². The first-order valence-corrected chi connectivity index (χ1v) is 3.93. The van der Waals surface area contributed by atoms with E-state index in [1.165, 1.54) is 5.56 Å². The van der Waals surface area contributed by atoms with Gasteiger partial charge in [0, 0.05) is 13.1 Å². The fourth-order valence-corrected chi connectivity index (χ4v) is 0.885. The van der Waals surface area contributed by atoms with Crippen molar-refractivity contribution in [2.24, 2.45) is 0 Å². The molecule has 2 N–H and O–H groups in total. The number of halogens is 1. The molecule has 0 heterocycles. The summed E-state index contributed by atoms with van der Waals surface area (Å²) in [5, 5.41) is 0. The van der Waals surface area contributed by atoms with E-state index >= 15 is 0 Å². The Labute approximate surface area is 79.7 Å². The van der Waals surface area contributed by atoms with Gasteiger partial charge >= 0.3 is 0 Å². The minimum absolute atomic E-state index is 0. The van der Waals surface area contributed by atoms with Crippen LogP contribution in [0, 0.1) is 0 Å². The molecule has 0 radical (unpaired) electrons. The van der Waals surface area contributed by atoms with E-state index in [0.29, 0.717) is 0 Å². The lowest BCUT2D eigenvalue weighted by Gasteiger charge is -2.03. The van der Waals surface area contributed by atoms with Crippen molar-refractivity contribution in [3.63, 3.8) is 0 Å². The first kappa shape index (κ1) is 11.4. The highest BCUT2D eigenvalue weighted by Gasteiger charge is 1.86. The van der Waals surface area contributed by atoms with E-state index in [2.05, 4.69) is 29.9 Å². The average molecular weight is 187 g/mol. The molecular formula is C9H15ClN2. The van der Waals surface area contributed by atoms with Crippen molar-refractivity contribution in [1.29, 1.82) is 0 Å². The number of nitrogens with one attached hydrogen (secondary N) is 2. The minimum Gasteiger partial charge on any atom is -0.258 e. The van der Waals surface area contributed by atoms with Gasteiger partial charge in [-0.3, -0.25) is 10.9 Å². The smallest absolute Gasteiger partial charge is 0.0351 e. The minimum atomic E-state index is 0. The van der Waals surface area contributed by atoms with Crippen molar-refractivity contribution in [2.75, 3.05) is 6.54 Å². The Morgan fingerprint density at radius 1 is 1.08 bits per heavy atom. The second-order valence-corrected chi connectivity index (χ2v) is 2.37. The van der Waals surface area contributed by atoms with Crippen molar-refractivity contribution in [2.45, 2.75) is 13.5 Å². The van der Waals surface area contributed by atoms with Crippen LogP contribution >= 0.6 is 12.4 Å². The van der Waals surface area contributed by atoms with Crippen molar-refractivity contribution in [3.8, 4) is 0 Å². The van der Waals surface area contributed by atoms with Crippen LogP contribution in [0.3, 0.4) is 0 Å². The Kier molecular flexibility index (Phi) is 6.76. The van der Waals surface area contributed by atoms with E-state index in [4.69, 9.17) is 0 Å². The predicted octanol–water partition coefficient (Wildman–Crippen LogP) is 1.72. The van der Waals surface area contributed by atoms with Crippen molar-refractivity contribution in [1.82, 2.24) is 10.9 Å². The van der Waals surface area contributed by atoms with Crippen LogP contribution in [0.4, 0.5) is 0 Å². The molecule has 1 aromatic carbocycles. The summed E-state index contributed by atoms with van der Waals surface area (Å²) in [6, 6.07) is 10.3. The highest BCUT2D eigenvalue weighted by atomic mass is 35.5. The van der Waals surface area contributed by atoms with E-state index in [1.54, 1.807) is 0 Å². The number of benzene rings is 1. The number of hydrazine groups is 1. The van der Waals surface area contributed by atoms with E-state index < -0.39 is 0 Å². The highest BCUT2D eigenvalue weighted by molar-refractivity contribution is 5.85. The van der Waals surface area contributed by atoms with Gasteiger partial charge < -0.3 is 0 Å². The summed E-state index contributed by atoms with van der Waals surface area (Å²) in [5.41, 5.74) is 7.45. The molecule has 68 valence electrons. The molecule has 0 saturated carbocycles. The molecule has 3 heteroatoms. The van der Waals surface area contributed by atoms with E-state index in [-0.39, 0.29) is 12.4 Å². The summed E-state index contributed by atoms with van der Waals surface area (Å²) in [5.74, 6) is 0. The molecule has 1 rings (SSSR count). The van der Waals surface area contributed by atoms with Gasteiger partial charge in [-0.15, -0.1) is 12.4 Å². The zero-order valence-electron chi connectivity index (χ0n) is 7.21.